The van der Waals surface area contributed by atoms with Crippen LogP contribution in [0, 0.1) is 0 Å². The standard InChI is InChI=1S/C6H14O3P2/c1-3-5-10(7)9-11(8)6-4-2/h3-6H2,1-2H3/q+2. The van der Waals surface area contributed by atoms with Crippen LogP contribution in [0.2, 0.25) is 0 Å². The zero-order valence-corrected chi connectivity index (χ0v) is 8.74. The molecule has 0 rings (SSSR count). The molecule has 0 fully saturated rings. The predicted octanol–water partition coefficient (Wildman–Crippen LogP) is 3.31. The van der Waals surface area contributed by atoms with Gasteiger partial charge in [-0.2, -0.15) is 0 Å². The lowest BCUT2D eigenvalue weighted by Crippen LogP contribution is -1.78. The Morgan fingerprint density at radius 1 is 1.00 bits per heavy atom. The third-order valence-corrected chi connectivity index (χ3v) is 4.08. The first-order valence-corrected chi connectivity index (χ1v) is 6.50. The van der Waals surface area contributed by atoms with E-state index in [0.29, 0.717) is 12.3 Å². The van der Waals surface area contributed by atoms with Crippen molar-refractivity contribution in [2.75, 3.05) is 12.3 Å². The van der Waals surface area contributed by atoms with E-state index < -0.39 is 16.1 Å². The fourth-order valence-electron chi connectivity index (χ4n) is 0.548. The first kappa shape index (κ1) is 11.2. The van der Waals surface area contributed by atoms with Crippen LogP contribution in [-0.4, -0.2) is 12.3 Å². The van der Waals surface area contributed by atoms with Crippen LogP contribution in [0.5, 0.6) is 0 Å². The van der Waals surface area contributed by atoms with E-state index in [2.05, 4.69) is 0 Å². The molecular formula is C6H14O3P2+2. The highest BCUT2D eigenvalue weighted by atomic mass is 31.2. The van der Waals surface area contributed by atoms with Gasteiger partial charge in [0.05, 0.1) is 0 Å². The Morgan fingerprint density at radius 2 is 1.36 bits per heavy atom. The van der Waals surface area contributed by atoms with E-state index in [0.717, 1.165) is 12.8 Å². The van der Waals surface area contributed by atoms with Crippen LogP contribution in [0.1, 0.15) is 26.7 Å². The van der Waals surface area contributed by atoms with Crippen molar-refractivity contribution in [1.29, 1.82) is 0 Å². The molecule has 0 saturated carbocycles. The average molecular weight is 196 g/mol. The Morgan fingerprint density at radius 3 is 1.64 bits per heavy atom. The summed E-state index contributed by atoms with van der Waals surface area (Å²) < 4.78 is 26.5. The van der Waals surface area contributed by atoms with Gasteiger partial charge in [-0.3, -0.25) is 0 Å². The van der Waals surface area contributed by atoms with Gasteiger partial charge in [-0.05, 0) is 22.0 Å². The van der Waals surface area contributed by atoms with Crippen LogP contribution in [0.25, 0.3) is 0 Å². The number of hydrogen-bond donors (Lipinski definition) is 0. The minimum absolute atomic E-state index is 0.514. The fourth-order valence-corrected chi connectivity index (χ4v) is 2.74. The molecule has 0 radical (unpaired) electrons. The van der Waals surface area contributed by atoms with E-state index in [1.165, 1.54) is 0 Å². The number of rotatable bonds is 6. The van der Waals surface area contributed by atoms with E-state index >= 15 is 0 Å². The molecule has 0 aliphatic rings. The highest BCUT2D eigenvalue weighted by Gasteiger charge is 2.31. The Hall–Kier alpha value is 0.160. The molecule has 64 valence electrons. The monoisotopic (exact) mass is 196 g/mol. The summed E-state index contributed by atoms with van der Waals surface area (Å²) >= 11 is 0. The van der Waals surface area contributed by atoms with Crippen molar-refractivity contribution in [1.82, 2.24) is 0 Å². The highest BCUT2D eigenvalue weighted by Crippen LogP contribution is 2.38. The molecule has 0 saturated heterocycles. The highest BCUT2D eigenvalue weighted by molar-refractivity contribution is 7.53. The molecule has 0 bridgehead atoms. The molecule has 0 aromatic carbocycles. The Bertz CT molecular complexity index is 131. The zero-order valence-electron chi connectivity index (χ0n) is 6.95. The summed E-state index contributed by atoms with van der Waals surface area (Å²) in [6.45, 7) is 3.84. The van der Waals surface area contributed by atoms with Gasteiger partial charge in [0, 0.05) is 0 Å². The molecule has 0 aliphatic heterocycles. The molecule has 11 heavy (non-hydrogen) atoms. The lowest BCUT2D eigenvalue weighted by Gasteiger charge is -1.75. The lowest BCUT2D eigenvalue weighted by molar-refractivity contribution is 0.487. The summed E-state index contributed by atoms with van der Waals surface area (Å²) in [5.74, 6) is 0. The van der Waals surface area contributed by atoms with Gasteiger partial charge >= 0.3 is 16.1 Å². The van der Waals surface area contributed by atoms with Crippen LogP contribution in [0.15, 0.2) is 0 Å². The maximum Gasteiger partial charge on any atom is 0.561 e. The van der Waals surface area contributed by atoms with Crippen LogP contribution < -0.4 is 0 Å². The second kappa shape index (κ2) is 6.84. The van der Waals surface area contributed by atoms with Crippen molar-refractivity contribution < 1.29 is 13.4 Å². The summed E-state index contributed by atoms with van der Waals surface area (Å²) in [6.07, 6.45) is 2.65. The topological polar surface area (TPSA) is 43.4 Å². The molecule has 0 spiro atoms. The Labute approximate surface area is 69.3 Å². The van der Waals surface area contributed by atoms with Gasteiger partial charge in [-0.15, -0.1) is 0 Å². The molecule has 0 aromatic rings. The maximum atomic E-state index is 10.9. The molecule has 2 atom stereocenters. The largest absolute Gasteiger partial charge is 0.561 e. The molecule has 0 amide bonds. The second-order valence-electron chi connectivity index (χ2n) is 2.19. The molecule has 5 heteroatoms. The van der Waals surface area contributed by atoms with E-state index in [1.54, 1.807) is 0 Å². The molecule has 0 aliphatic carbocycles. The van der Waals surface area contributed by atoms with Crippen molar-refractivity contribution in [3.05, 3.63) is 0 Å². The van der Waals surface area contributed by atoms with E-state index in [9.17, 15) is 9.13 Å². The van der Waals surface area contributed by atoms with Crippen molar-refractivity contribution in [3.8, 4) is 0 Å². The van der Waals surface area contributed by atoms with Crippen LogP contribution in [0.3, 0.4) is 0 Å². The van der Waals surface area contributed by atoms with Gasteiger partial charge < -0.3 is 0 Å². The smallest absolute Gasteiger partial charge is 0.0612 e. The lowest BCUT2D eigenvalue weighted by atomic mass is 10.6. The predicted molar refractivity (Wildman–Crippen MR) is 46.6 cm³/mol. The van der Waals surface area contributed by atoms with Crippen molar-refractivity contribution in [2.45, 2.75) is 26.7 Å². The van der Waals surface area contributed by atoms with Crippen molar-refractivity contribution in [3.63, 3.8) is 0 Å². The second-order valence-corrected chi connectivity index (χ2v) is 5.07. The zero-order chi connectivity index (χ0) is 8.69. The van der Waals surface area contributed by atoms with Gasteiger partial charge in [0.1, 0.15) is 4.31 Å². The summed E-state index contributed by atoms with van der Waals surface area (Å²) in [4.78, 5) is 0. The van der Waals surface area contributed by atoms with E-state index in [4.69, 9.17) is 4.31 Å². The molecule has 0 heterocycles. The van der Waals surface area contributed by atoms with Crippen LogP contribution in [0.4, 0.5) is 0 Å². The summed E-state index contributed by atoms with van der Waals surface area (Å²) in [7, 11) is -3.33. The number of hydrogen-bond acceptors (Lipinski definition) is 3. The summed E-state index contributed by atoms with van der Waals surface area (Å²) in [5, 5.41) is 0. The maximum absolute atomic E-state index is 10.9. The first-order chi connectivity index (χ1) is 5.20. The van der Waals surface area contributed by atoms with Crippen LogP contribution >= 0.6 is 16.1 Å². The molecule has 3 nitrogen and oxygen atoms in total. The van der Waals surface area contributed by atoms with Gasteiger partial charge in [0.2, 0.25) is 0 Å². The van der Waals surface area contributed by atoms with Crippen molar-refractivity contribution >= 4 is 16.1 Å². The first-order valence-electron chi connectivity index (χ1n) is 3.78. The Kier molecular flexibility index (Phi) is 6.94. The molecular weight excluding hydrogens is 182 g/mol. The van der Waals surface area contributed by atoms with Crippen LogP contribution in [-0.2, 0) is 13.4 Å². The normalized spacial score (nSPS) is 12.9. The summed E-state index contributed by atoms with van der Waals surface area (Å²) in [6, 6.07) is 0. The molecule has 0 N–H and O–H groups in total. The third kappa shape index (κ3) is 6.55. The van der Waals surface area contributed by atoms with Gasteiger partial charge in [-0.1, -0.05) is 13.8 Å². The SMILES string of the molecule is CCC[P+](=O)O[P+](=O)CCC. The molecule has 0 aromatic heterocycles. The van der Waals surface area contributed by atoms with Crippen molar-refractivity contribution in [2.24, 2.45) is 0 Å². The van der Waals surface area contributed by atoms with Gasteiger partial charge in [-0.25, -0.2) is 0 Å². The van der Waals surface area contributed by atoms with Gasteiger partial charge in [0.25, 0.3) is 0 Å². The van der Waals surface area contributed by atoms with E-state index in [-0.39, 0.29) is 0 Å². The van der Waals surface area contributed by atoms with Gasteiger partial charge in [0.15, 0.2) is 12.3 Å². The minimum atomic E-state index is -1.67. The quantitative estimate of drug-likeness (QED) is 0.612. The average Bonchev–Trinajstić information content (AvgIpc) is 1.87. The van der Waals surface area contributed by atoms with E-state index in [1.807, 2.05) is 13.8 Å². The minimum Gasteiger partial charge on any atom is -0.0612 e. The Balaban J connectivity index is 3.49. The fraction of sp³-hybridized carbons (Fsp3) is 1.00. The third-order valence-electron chi connectivity index (χ3n) is 0.994. The summed E-state index contributed by atoms with van der Waals surface area (Å²) in [5.41, 5.74) is 0. The molecule has 2 unspecified atom stereocenters.